The molecule has 25 heavy (non-hydrogen) atoms. The first-order chi connectivity index (χ1) is 12.0. The number of nitrogens with one attached hydrogen (secondary N) is 2. The summed E-state index contributed by atoms with van der Waals surface area (Å²) >= 11 is 9.18. The van der Waals surface area contributed by atoms with Crippen LogP contribution in [0.15, 0.2) is 46.0 Å². The largest absolute Gasteiger partial charge is 0.454 e. The van der Waals surface area contributed by atoms with Gasteiger partial charge in [-0.15, -0.1) is 0 Å². The minimum Gasteiger partial charge on any atom is -0.454 e. The molecule has 0 saturated carbocycles. The number of carbonyl (C=O) groups is 2. The quantitative estimate of drug-likeness (QED) is 0.450. The fourth-order valence-corrected chi connectivity index (χ4v) is 2.61. The number of hydrogen-bond acceptors (Lipinski definition) is 5. The Bertz CT molecular complexity index is 872. The molecular weight excluding hydrogens is 414 g/mol. The van der Waals surface area contributed by atoms with Gasteiger partial charge in [0.1, 0.15) is 0 Å². The number of fused-ring (bicyclic) bond motifs is 1. The second-order valence-electron chi connectivity index (χ2n) is 4.89. The Morgan fingerprint density at radius 2 is 1.92 bits per heavy atom. The first-order valence-corrected chi connectivity index (χ1v) is 8.19. The van der Waals surface area contributed by atoms with Gasteiger partial charge in [0.25, 0.3) is 0 Å². The number of amides is 2. The van der Waals surface area contributed by atoms with Crippen molar-refractivity contribution in [2.75, 3.05) is 12.1 Å². The van der Waals surface area contributed by atoms with Crippen LogP contribution in [-0.4, -0.2) is 24.8 Å². The van der Waals surface area contributed by atoms with Crippen LogP contribution in [0.2, 0.25) is 5.02 Å². The molecular formula is C16H11BrClN3O4. The van der Waals surface area contributed by atoms with Gasteiger partial charge in [-0.1, -0.05) is 17.7 Å². The van der Waals surface area contributed by atoms with Gasteiger partial charge in [0.05, 0.1) is 6.21 Å². The molecule has 0 aliphatic carbocycles. The first-order valence-electron chi connectivity index (χ1n) is 7.02. The molecule has 2 aromatic carbocycles. The summed E-state index contributed by atoms with van der Waals surface area (Å²) < 4.78 is 11.2. The fraction of sp³-hybridized carbons (Fsp3) is 0.0625. The average molecular weight is 425 g/mol. The van der Waals surface area contributed by atoms with Gasteiger partial charge in [0.2, 0.25) is 6.79 Å². The van der Waals surface area contributed by atoms with Crippen molar-refractivity contribution in [3.05, 3.63) is 51.5 Å². The van der Waals surface area contributed by atoms with Gasteiger partial charge in [0, 0.05) is 20.7 Å². The van der Waals surface area contributed by atoms with E-state index in [1.54, 1.807) is 30.3 Å². The summed E-state index contributed by atoms with van der Waals surface area (Å²) in [7, 11) is 0. The third-order valence-electron chi connectivity index (χ3n) is 3.15. The molecule has 0 bridgehead atoms. The van der Waals surface area contributed by atoms with Gasteiger partial charge < -0.3 is 14.8 Å². The van der Waals surface area contributed by atoms with Crippen LogP contribution < -0.4 is 20.2 Å². The SMILES string of the molecule is O=C(N/N=C\c1cc2c(cc1Br)OCO2)C(=O)Nc1cccc(Cl)c1. The maximum atomic E-state index is 11.8. The van der Waals surface area contributed by atoms with E-state index in [2.05, 4.69) is 31.8 Å². The Morgan fingerprint density at radius 1 is 1.16 bits per heavy atom. The van der Waals surface area contributed by atoms with Gasteiger partial charge in [-0.2, -0.15) is 5.10 Å². The van der Waals surface area contributed by atoms with Crippen LogP contribution in [0.1, 0.15) is 5.56 Å². The Kier molecular flexibility index (Phi) is 5.20. The van der Waals surface area contributed by atoms with Crippen molar-refractivity contribution in [3.63, 3.8) is 0 Å². The number of anilines is 1. The molecule has 1 aliphatic heterocycles. The van der Waals surface area contributed by atoms with Gasteiger partial charge in [0.15, 0.2) is 11.5 Å². The molecule has 1 aliphatic rings. The van der Waals surface area contributed by atoms with Crippen LogP contribution in [0, 0.1) is 0 Å². The highest BCUT2D eigenvalue weighted by molar-refractivity contribution is 9.10. The minimum absolute atomic E-state index is 0.156. The van der Waals surface area contributed by atoms with E-state index in [9.17, 15) is 9.59 Å². The zero-order valence-electron chi connectivity index (χ0n) is 12.6. The van der Waals surface area contributed by atoms with E-state index < -0.39 is 11.8 Å². The normalized spacial score (nSPS) is 12.2. The number of hydrogen-bond donors (Lipinski definition) is 2. The molecule has 0 spiro atoms. The topological polar surface area (TPSA) is 89.0 Å². The second kappa shape index (κ2) is 7.54. The molecule has 0 aromatic heterocycles. The van der Waals surface area contributed by atoms with E-state index >= 15 is 0 Å². The van der Waals surface area contributed by atoms with Crippen molar-refractivity contribution >= 4 is 51.2 Å². The molecule has 2 amide bonds. The third kappa shape index (κ3) is 4.28. The monoisotopic (exact) mass is 423 g/mol. The molecule has 0 radical (unpaired) electrons. The molecule has 0 unspecified atom stereocenters. The minimum atomic E-state index is -0.909. The molecule has 128 valence electrons. The Labute approximate surface area is 156 Å². The zero-order valence-corrected chi connectivity index (χ0v) is 14.9. The number of nitrogens with zero attached hydrogens (tertiary/aromatic N) is 1. The van der Waals surface area contributed by atoms with Gasteiger partial charge in [-0.05, 0) is 46.3 Å². The maximum Gasteiger partial charge on any atom is 0.329 e. The highest BCUT2D eigenvalue weighted by Gasteiger charge is 2.16. The van der Waals surface area contributed by atoms with E-state index in [1.165, 1.54) is 12.3 Å². The van der Waals surface area contributed by atoms with Crippen LogP contribution in [0.4, 0.5) is 5.69 Å². The first kappa shape index (κ1) is 17.2. The lowest BCUT2D eigenvalue weighted by Gasteiger charge is -2.04. The number of carbonyl (C=O) groups excluding carboxylic acids is 2. The molecule has 9 heteroatoms. The predicted octanol–water partition coefficient (Wildman–Crippen LogP) is 2.92. The summed E-state index contributed by atoms with van der Waals surface area (Å²) in [6, 6.07) is 9.89. The molecule has 0 fully saturated rings. The Balaban J connectivity index is 1.60. The van der Waals surface area contributed by atoms with Gasteiger partial charge >= 0.3 is 11.8 Å². The summed E-state index contributed by atoms with van der Waals surface area (Å²) in [5.41, 5.74) is 3.22. The number of ether oxygens (including phenoxy) is 2. The van der Waals surface area contributed by atoms with E-state index in [0.717, 1.165) is 0 Å². The van der Waals surface area contributed by atoms with Crippen molar-refractivity contribution < 1.29 is 19.1 Å². The summed E-state index contributed by atoms with van der Waals surface area (Å²) in [4.78, 5) is 23.6. The smallest absolute Gasteiger partial charge is 0.329 e. The lowest BCUT2D eigenvalue weighted by atomic mass is 10.2. The van der Waals surface area contributed by atoms with E-state index in [4.69, 9.17) is 21.1 Å². The maximum absolute atomic E-state index is 11.8. The van der Waals surface area contributed by atoms with E-state index in [1.807, 2.05) is 0 Å². The van der Waals surface area contributed by atoms with Gasteiger partial charge in [-0.25, -0.2) is 5.43 Å². The van der Waals surface area contributed by atoms with Crippen molar-refractivity contribution in [3.8, 4) is 11.5 Å². The number of benzene rings is 2. The highest BCUT2D eigenvalue weighted by atomic mass is 79.9. The summed E-state index contributed by atoms with van der Waals surface area (Å²) in [5, 5.41) is 6.64. The number of rotatable bonds is 3. The summed E-state index contributed by atoms with van der Waals surface area (Å²) in [6.07, 6.45) is 1.39. The molecule has 3 rings (SSSR count). The molecule has 0 saturated heterocycles. The fourth-order valence-electron chi connectivity index (χ4n) is 2.00. The van der Waals surface area contributed by atoms with Crippen LogP contribution >= 0.6 is 27.5 Å². The lowest BCUT2D eigenvalue weighted by Crippen LogP contribution is -2.32. The third-order valence-corrected chi connectivity index (χ3v) is 4.07. The molecule has 1 heterocycles. The van der Waals surface area contributed by atoms with Crippen LogP contribution in [-0.2, 0) is 9.59 Å². The lowest BCUT2D eigenvalue weighted by molar-refractivity contribution is -0.136. The highest BCUT2D eigenvalue weighted by Crippen LogP contribution is 2.36. The van der Waals surface area contributed by atoms with E-state index in [0.29, 0.717) is 32.2 Å². The molecule has 2 N–H and O–H groups in total. The Morgan fingerprint density at radius 3 is 2.68 bits per heavy atom. The van der Waals surface area contributed by atoms with E-state index in [-0.39, 0.29) is 6.79 Å². The summed E-state index contributed by atoms with van der Waals surface area (Å²) in [5.74, 6) is -0.569. The summed E-state index contributed by atoms with van der Waals surface area (Å²) in [6.45, 7) is 0.156. The van der Waals surface area contributed by atoms with Crippen LogP contribution in [0.5, 0.6) is 11.5 Å². The van der Waals surface area contributed by atoms with Crippen LogP contribution in [0.3, 0.4) is 0 Å². The number of hydrazone groups is 1. The van der Waals surface area contributed by atoms with Gasteiger partial charge in [-0.3, -0.25) is 9.59 Å². The van der Waals surface area contributed by atoms with Crippen molar-refractivity contribution in [2.45, 2.75) is 0 Å². The molecule has 2 aromatic rings. The predicted molar refractivity (Wildman–Crippen MR) is 96.1 cm³/mol. The standard InChI is InChI=1S/C16H11BrClN3O4/c17-12-6-14-13(24-8-25-14)4-9(12)7-19-21-16(23)15(22)20-11-3-1-2-10(18)5-11/h1-7H,8H2,(H,20,22)(H,21,23)/b19-7-. The Hall–Kier alpha value is -2.58. The molecule has 7 nitrogen and oxygen atoms in total. The second-order valence-corrected chi connectivity index (χ2v) is 6.18. The molecule has 0 atom stereocenters. The van der Waals surface area contributed by atoms with Crippen molar-refractivity contribution in [1.82, 2.24) is 5.43 Å². The van der Waals surface area contributed by atoms with Crippen molar-refractivity contribution in [1.29, 1.82) is 0 Å². The van der Waals surface area contributed by atoms with Crippen molar-refractivity contribution in [2.24, 2.45) is 5.10 Å². The zero-order chi connectivity index (χ0) is 17.8. The average Bonchev–Trinajstić information content (AvgIpc) is 3.02. The van der Waals surface area contributed by atoms with Crippen LogP contribution in [0.25, 0.3) is 0 Å². The number of halogens is 2.